The third kappa shape index (κ3) is 5.87. The molecule has 0 aliphatic heterocycles. The number of fused-ring (bicyclic) bond motifs is 1. The first-order valence-corrected chi connectivity index (χ1v) is 12.5. The van der Waals surface area contributed by atoms with Gasteiger partial charge in [-0.15, -0.1) is 11.3 Å². The van der Waals surface area contributed by atoms with Crippen molar-refractivity contribution in [1.29, 1.82) is 0 Å². The van der Waals surface area contributed by atoms with Crippen LogP contribution in [0, 0.1) is 0 Å². The molecule has 11 heteroatoms. The quantitative estimate of drug-likeness (QED) is 0.234. The number of methoxy groups -OCH3 is 1. The molecule has 0 saturated heterocycles. The zero-order valence-corrected chi connectivity index (χ0v) is 21.8. The third-order valence-corrected chi connectivity index (χ3v) is 7.15. The molecule has 2 heterocycles. The van der Waals surface area contributed by atoms with Crippen LogP contribution < -0.4 is 20.5 Å². The fraction of sp³-hybridized carbons (Fsp3) is 0.200. The van der Waals surface area contributed by atoms with Crippen molar-refractivity contribution in [1.82, 2.24) is 15.0 Å². The number of hydrogen-bond acceptors (Lipinski definition) is 7. The number of carbonyl (C=O) groups is 1. The molecule has 2 aromatic carbocycles. The van der Waals surface area contributed by atoms with Crippen LogP contribution in [-0.4, -0.2) is 28.8 Å². The smallest absolute Gasteiger partial charge is 0.262 e. The van der Waals surface area contributed by atoms with Crippen LogP contribution in [0.3, 0.4) is 0 Å². The maximum atomic E-state index is 12.6. The van der Waals surface area contributed by atoms with Crippen LogP contribution in [0.5, 0.6) is 11.5 Å². The average molecular weight is 545 g/mol. The molecule has 8 nitrogen and oxygen atoms in total. The van der Waals surface area contributed by atoms with Crippen molar-refractivity contribution >= 4 is 56.9 Å². The second-order valence-corrected chi connectivity index (χ2v) is 9.58. The molecule has 0 saturated carbocycles. The lowest BCUT2D eigenvalue weighted by molar-refractivity contribution is -0.121. The highest BCUT2D eigenvalue weighted by Crippen LogP contribution is 2.31. The Morgan fingerprint density at radius 1 is 1.19 bits per heavy atom. The maximum Gasteiger partial charge on any atom is 0.262 e. The second-order valence-electron chi connectivity index (χ2n) is 7.66. The Hall–Kier alpha value is -3.40. The summed E-state index contributed by atoms with van der Waals surface area (Å²) in [6.45, 7) is 1.99. The zero-order valence-electron chi connectivity index (χ0n) is 19.5. The summed E-state index contributed by atoms with van der Waals surface area (Å²) in [4.78, 5) is 31.0. The highest BCUT2D eigenvalue weighted by molar-refractivity contribution is 7.18. The lowest BCUT2D eigenvalue weighted by Gasteiger charge is -2.13. The standard InChI is InChI=1S/C25H22Cl2N4O4S/c1-3-16-10-17-24(36-16)28-14-31(25(17)33)12-23(32)30-29-11-15-7-8-21(22(9-15)34-2)35-13-18-19(26)5-4-6-20(18)27/h4-11,14H,3,12-13H2,1-2H3,(H,30,32)/b29-11-. The van der Waals surface area contributed by atoms with E-state index in [-0.39, 0.29) is 18.7 Å². The summed E-state index contributed by atoms with van der Waals surface area (Å²) in [6, 6.07) is 12.3. The van der Waals surface area contributed by atoms with Crippen molar-refractivity contribution in [3.63, 3.8) is 0 Å². The van der Waals surface area contributed by atoms with Crippen LogP contribution in [0.25, 0.3) is 10.2 Å². The van der Waals surface area contributed by atoms with Gasteiger partial charge in [0.05, 0.1) is 25.0 Å². The third-order valence-electron chi connectivity index (χ3n) is 5.26. The molecule has 1 N–H and O–H groups in total. The summed E-state index contributed by atoms with van der Waals surface area (Å²) in [6.07, 6.45) is 3.67. The molecule has 4 aromatic rings. The summed E-state index contributed by atoms with van der Waals surface area (Å²) in [5.74, 6) is 0.516. The Morgan fingerprint density at radius 3 is 2.69 bits per heavy atom. The predicted molar refractivity (Wildman–Crippen MR) is 143 cm³/mol. The number of nitrogens with one attached hydrogen (secondary N) is 1. The fourth-order valence-electron chi connectivity index (χ4n) is 3.37. The van der Waals surface area contributed by atoms with Crippen LogP contribution in [0.15, 0.2) is 58.7 Å². The number of nitrogens with zero attached hydrogens (tertiary/aromatic N) is 3. The normalized spacial score (nSPS) is 11.2. The molecule has 186 valence electrons. The second kappa shape index (κ2) is 11.6. The number of hydrogen-bond donors (Lipinski definition) is 1. The SMILES string of the molecule is CCc1cc2c(=O)n(CC(=O)N/N=C\c3ccc(OCc4c(Cl)cccc4Cl)c(OC)c3)cnc2s1. The molecule has 2 aromatic heterocycles. The van der Waals surface area contributed by atoms with Crippen LogP contribution in [0.1, 0.15) is 22.9 Å². The number of ether oxygens (including phenoxy) is 2. The van der Waals surface area contributed by atoms with Crippen molar-refractivity contribution in [2.24, 2.45) is 5.10 Å². The molecule has 0 spiro atoms. The van der Waals surface area contributed by atoms with Crippen molar-refractivity contribution < 1.29 is 14.3 Å². The fourth-order valence-corrected chi connectivity index (χ4v) is 4.80. The Kier molecular flexibility index (Phi) is 8.25. The Bertz CT molecular complexity index is 1480. The molecular weight excluding hydrogens is 523 g/mol. The van der Waals surface area contributed by atoms with Gasteiger partial charge in [-0.25, -0.2) is 10.4 Å². The van der Waals surface area contributed by atoms with E-state index < -0.39 is 5.91 Å². The Labute approximate surface area is 221 Å². The molecule has 4 rings (SSSR count). The minimum atomic E-state index is -0.455. The minimum absolute atomic E-state index is 0.170. The number of amides is 1. The van der Waals surface area contributed by atoms with E-state index in [1.165, 1.54) is 35.6 Å². The molecule has 0 unspecified atom stereocenters. The number of thiophene rings is 1. The number of aromatic nitrogens is 2. The monoisotopic (exact) mass is 544 g/mol. The predicted octanol–water partition coefficient (Wildman–Crippen LogP) is 5.07. The molecule has 0 bridgehead atoms. The number of aryl methyl sites for hydroxylation is 1. The largest absolute Gasteiger partial charge is 0.493 e. The van der Waals surface area contributed by atoms with Crippen molar-refractivity contribution in [2.45, 2.75) is 26.5 Å². The van der Waals surface area contributed by atoms with E-state index in [0.29, 0.717) is 42.9 Å². The topological polar surface area (TPSA) is 94.8 Å². The molecule has 1 amide bonds. The molecule has 0 fully saturated rings. The summed E-state index contributed by atoms with van der Waals surface area (Å²) in [7, 11) is 1.52. The van der Waals surface area contributed by atoms with Gasteiger partial charge in [-0.1, -0.05) is 36.2 Å². The lowest BCUT2D eigenvalue weighted by atomic mass is 10.2. The van der Waals surface area contributed by atoms with Gasteiger partial charge < -0.3 is 9.47 Å². The van der Waals surface area contributed by atoms with Gasteiger partial charge >= 0.3 is 0 Å². The van der Waals surface area contributed by atoms with Gasteiger partial charge in [0.15, 0.2) is 11.5 Å². The molecule has 0 atom stereocenters. The summed E-state index contributed by atoms with van der Waals surface area (Å²) < 4.78 is 12.5. The maximum absolute atomic E-state index is 12.6. The number of halogens is 2. The van der Waals surface area contributed by atoms with Crippen LogP contribution in [0.2, 0.25) is 10.0 Å². The van der Waals surface area contributed by atoms with E-state index in [1.54, 1.807) is 36.4 Å². The van der Waals surface area contributed by atoms with Gasteiger partial charge in [0.2, 0.25) is 0 Å². The van der Waals surface area contributed by atoms with E-state index in [9.17, 15) is 9.59 Å². The van der Waals surface area contributed by atoms with Crippen molar-refractivity contribution in [3.05, 3.63) is 85.2 Å². The van der Waals surface area contributed by atoms with Crippen LogP contribution in [-0.2, 0) is 24.4 Å². The first-order chi connectivity index (χ1) is 17.4. The number of carbonyl (C=O) groups excluding carboxylic acids is 1. The van der Waals surface area contributed by atoms with Crippen LogP contribution in [0.4, 0.5) is 0 Å². The lowest BCUT2D eigenvalue weighted by Crippen LogP contribution is -2.29. The van der Waals surface area contributed by atoms with Gasteiger partial charge in [-0.2, -0.15) is 5.10 Å². The number of hydrazone groups is 1. The van der Waals surface area contributed by atoms with Gasteiger partial charge in [-0.05, 0) is 48.4 Å². The molecule has 0 radical (unpaired) electrons. The Morgan fingerprint density at radius 2 is 1.97 bits per heavy atom. The van der Waals surface area contributed by atoms with Gasteiger partial charge in [0.25, 0.3) is 11.5 Å². The molecule has 36 heavy (non-hydrogen) atoms. The first-order valence-electron chi connectivity index (χ1n) is 10.9. The van der Waals surface area contributed by atoms with Crippen LogP contribution >= 0.6 is 34.5 Å². The van der Waals surface area contributed by atoms with E-state index >= 15 is 0 Å². The molecular formula is C25H22Cl2N4O4S. The van der Waals surface area contributed by atoms with Gasteiger partial charge in [-0.3, -0.25) is 14.2 Å². The summed E-state index contributed by atoms with van der Waals surface area (Å²) >= 11 is 13.9. The minimum Gasteiger partial charge on any atom is -0.493 e. The van der Waals surface area contributed by atoms with E-state index in [4.69, 9.17) is 32.7 Å². The highest BCUT2D eigenvalue weighted by Gasteiger charge is 2.12. The molecule has 0 aliphatic rings. The highest BCUT2D eigenvalue weighted by atomic mass is 35.5. The number of rotatable bonds is 9. The van der Waals surface area contributed by atoms with Gasteiger partial charge in [0, 0.05) is 20.5 Å². The Balaban J connectivity index is 1.38. The van der Waals surface area contributed by atoms with Gasteiger partial charge in [0.1, 0.15) is 18.0 Å². The summed E-state index contributed by atoms with van der Waals surface area (Å²) in [5, 5.41) is 5.52. The average Bonchev–Trinajstić information content (AvgIpc) is 3.30. The van der Waals surface area contributed by atoms with E-state index in [0.717, 1.165) is 11.3 Å². The summed E-state index contributed by atoms with van der Waals surface area (Å²) in [5.41, 5.74) is 3.51. The zero-order chi connectivity index (χ0) is 25.7. The van der Waals surface area contributed by atoms with E-state index in [1.807, 2.05) is 13.0 Å². The van der Waals surface area contributed by atoms with Crippen molar-refractivity contribution in [3.8, 4) is 11.5 Å². The first kappa shape index (κ1) is 25.7. The molecule has 0 aliphatic carbocycles. The van der Waals surface area contributed by atoms with Crippen molar-refractivity contribution in [2.75, 3.05) is 7.11 Å². The number of benzene rings is 2. The van der Waals surface area contributed by atoms with E-state index in [2.05, 4.69) is 15.5 Å².